The van der Waals surface area contributed by atoms with E-state index in [1.54, 1.807) is 23.9 Å². The number of carbonyl (C=O) groups is 2. The molecule has 0 saturated carbocycles. The third-order valence-corrected chi connectivity index (χ3v) is 5.04. The van der Waals surface area contributed by atoms with E-state index in [2.05, 4.69) is 5.32 Å². The van der Waals surface area contributed by atoms with Crippen molar-refractivity contribution in [3.8, 4) is 0 Å². The van der Waals surface area contributed by atoms with Crippen LogP contribution >= 0.6 is 11.8 Å². The van der Waals surface area contributed by atoms with Gasteiger partial charge in [-0.2, -0.15) is 4.39 Å². The maximum atomic E-state index is 13.5. The molecule has 2 amide bonds. The van der Waals surface area contributed by atoms with Gasteiger partial charge in [0.1, 0.15) is 0 Å². The van der Waals surface area contributed by atoms with Crippen molar-refractivity contribution in [3.63, 3.8) is 0 Å². The number of rotatable bonds is 5. The lowest BCUT2D eigenvalue weighted by Gasteiger charge is -2.16. The Kier molecular flexibility index (Phi) is 5.41. The number of carbonyl (C=O) groups excluding carboxylic acids is 2. The molecule has 0 radical (unpaired) electrons. The molecule has 140 valence electrons. The van der Waals surface area contributed by atoms with E-state index in [1.807, 2.05) is 18.4 Å². The predicted molar refractivity (Wildman–Crippen MR) is 100 cm³/mol. The fourth-order valence-electron chi connectivity index (χ4n) is 2.86. The number of amides is 2. The number of halogens is 1. The predicted octanol–water partition coefficient (Wildman–Crippen LogP) is 3.45. The monoisotopic (exact) mass is 389 g/mol. The van der Waals surface area contributed by atoms with Crippen LogP contribution in [0, 0.1) is 21.8 Å². The van der Waals surface area contributed by atoms with Crippen LogP contribution < -0.4 is 10.2 Å². The lowest BCUT2D eigenvalue weighted by atomic mass is 10.1. The van der Waals surface area contributed by atoms with Crippen molar-refractivity contribution in [2.24, 2.45) is 5.92 Å². The third-order valence-electron chi connectivity index (χ3n) is 4.29. The average molecular weight is 389 g/mol. The molecule has 1 aliphatic heterocycles. The highest BCUT2D eigenvalue weighted by atomic mass is 32.2. The van der Waals surface area contributed by atoms with Crippen LogP contribution in [0.2, 0.25) is 0 Å². The molecule has 2 aromatic carbocycles. The number of anilines is 2. The Morgan fingerprint density at radius 2 is 2.00 bits per heavy atom. The van der Waals surface area contributed by atoms with Crippen molar-refractivity contribution >= 4 is 40.6 Å². The van der Waals surface area contributed by atoms with E-state index in [9.17, 15) is 24.1 Å². The molecule has 27 heavy (non-hydrogen) atoms. The van der Waals surface area contributed by atoms with Gasteiger partial charge in [-0.05, 0) is 42.7 Å². The van der Waals surface area contributed by atoms with Gasteiger partial charge in [0, 0.05) is 29.6 Å². The standard InChI is InChI=1S/C18H16FN3O4S/c1-27-14-5-2-12(3-6-14)20-18(24)11-8-17(23)21(10-11)13-4-7-15(19)16(9-13)22(25)26/h2-7,9,11H,8,10H2,1H3,(H,20,24). The number of nitrogens with zero attached hydrogens (tertiary/aromatic N) is 2. The minimum absolute atomic E-state index is 0.0140. The SMILES string of the molecule is CSc1ccc(NC(=O)C2CC(=O)N(c3ccc(F)c([N+](=O)[O-])c3)C2)cc1. The summed E-state index contributed by atoms with van der Waals surface area (Å²) in [5.41, 5.74) is 0.121. The number of hydrogen-bond donors (Lipinski definition) is 1. The molecule has 9 heteroatoms. The zero-order chi connectivity index (χ0) is 19.6. The number of nitro benzene ring substituents is 1. The van der Waals surface area contributed by atoms with Crippen LogP contribution in [0.25, 0.3) is 0 Å². The number of nitrogens with one attached hydrogen (secondary N) is 1. The highest BCUT2D eigenvalue weighted by molar-refractivity contribution is 7.98. The Labute approximate surface area is 158 Å². The average Bonchev–Trinajstić information content (AvgIpc) is 3.04. The number of hydrogen-bond acceptors (Lipinski definition) is 5. The van der Waals surface area contributed by atoms with Crippen LogP contribution in [-0.4, -0.2) is 29.5 Å². The van der Waals surface area contributed by atoms with Crippen LogP contribution in [0.5, 0.6) is 0 Å². The summed E-state index contributed by atoms with van der Waals surface area (Å²) in [5, 5.41) is 13.7. The lowest BCUT2D eigenvalue weighted by Crippen LogP contribution is -2.28. The van der Waals surface area contributed by atoms with Crippen molar-refractivity contribution < 1.29 is 18.9 Å². The van der Waals surface area contributed by atoms with Gasteiger partial charge >= 0.3 is 5.69 Å². The molecule has 7 nitrogen and oxygen atoms in total. The second-order valence-corrected chi connectivity index (χ2v) is 6.90. The Hall–Kier alpha value is -2.94. The van der Waals surface area contributed by atoms with Crippen molar-refractivity contribution in [1.82, 2.24) is 0 Å². The van der Waals surface area contributed by atoms with Crippen LogP contribution in [0.1, 0.15) is 6.42 Å². The summed E-state index contributed by atoms with van der Waals surface area (Å²) < 4.78 is 13.5. The van der Waals surface area contributed by atoms with Gasteiger partial charge in [0.15, 0.2) is 0 Å². The molecule has 1 fully saturated rings. The molecule has 0 bridgehead atoms. The number of nitro groups is 1. The molecule has 1 N–H and O–H groups in total. The van der Waals surface area contributed by atoms with E-state index in [-0.39, 0.29) is 30.5 Å². The highest BCUT2D eigenvalue weighted by Crippen LogP contribution is 2.30. The van der Waals surface area contributed by atoms with Gasteiger partial charge < -0.3 is 10.2 Å². The molecule has 2 aromatic rings. The smallest absolute Gasteiger partial charge is 0.306 e. The molecule has 0 aliphatic carbocycles. The van der Waals surface area contributed by atoms with Gasteiger partial charge in [-0.3, -0.25) is 19.7 Å². The maximum Gasteiger partial charge on any atom is 0.306 e. The lowest BCUT2D eigenvalue weighted by molar-refractivity contribution is -0.387. The summed E-state index contributed by atoms with van der Waals surface area (Å²) in [6.07, 6.45) is 1.94. The van der Waals surface area contributed by atoms with Crippen molar-refractivity contribution in [3.05, 3.63) is 58.4 Å². The Morgan fingerprint density at radius 1 is 1.30 bits per heavy atom. The first-order valence-corrected chi connectivity index (χ1v) is 9.30. The molecule has 1 atom stereocenters. The maximum absolute atomic E-state index is 13.5. The van der Waals surface area contributed by atoms with Gasteiger partial charge in [0.2, 0.25) is 17.6 Å². The van der Waals surface area contributed by atoms with Crippen molar-refractivity contribution in [2.45, 2.75) is 11.3 Å². The molecular weight excluding hydrogens is 373 g/mol. The summed E-state index contributed by atoms with van der Waals surface area (Å²) in [4.78, 5) is 37.1. The van der Waals surface area contributed by atoms with Crippen LogP contribution in [0.3, 0.4) is 0 Å². The van der Waals surface area contributed by atoms with Gasteiger partial charge in [0.25, 0.3) is 0 Å². The zero-order valence-corrected chi connectivity index (χ0v) is 15.2. The molecule has 0 aromatic heterocycles. The quantitative estimate of drug-likeness (QED) is 0.480. The van der Waals surface area contributed by atoms with Gasteiger partial charge in [-0.25, -0.2) is 0 Å². The van der Waals surface area contributed by atoms with Crippen LogP contribution in [0.4, 0.5) is 21.5 Å². The van der Waals surface area contributed by atoms with E-state index in [1.165, 1.54) is 11.0 Å². The van der Waals surface area contributed by atoms with Crippen LogP contribution in [0.15, 0.2) is 47.4 Å². The van der Waals surface area contributed by atoms with Crippen molar-refractivity contribution in [2.75, 3.05) is 23.0 Å². The topological polar surface area (TPSA) is 92.6 Å². The Morgan fingerprint density at radius 3 is 2.63 bits per heavy atom. The summed E-state index contributed by atoms with van der Waals surface area (Å²) in [6.45, 7) is 0.0797. The van der Waals surface area contributed by atoms with E-state index in [0.717, 1.165) is 17.0 Å². The fraction of sp³-hybridized carbons (Fsp3) is 0.222. The van der Waals surface area contributed by atoms with Gasteiger partial charge in [-0.15, -0.1) is 11.8 Å². The summed E-state index contributed by atoms with van der Waals surface area (Å²) in [5.74, 6) is -2.21. The second-order valence-electron chi connectivity index (χ2n) is 6.02. The number of thioether (sulfide) groups is 1. The van der Waals surface area contributed by atoms with Crippen LogP contribution in [-0.2, 0) is 9.59 Å². The first-order chi connectivity index (χ1) is 12.9. The summed E-state index contributed by atoms with van der Waals surface area (Å²) in [6, 6.07) is 10.6. The molecule has 0 spiro atoms. The molecular formula is C18H16FN3O4S. The van der Waals surface area contributed by atoms with Gasteiger partial charge in [-0.1, -0.05) is 0 Å². The molecule has 1 aliphatic rings. The Bertz CT molecular complexity index is 904. The van der Waals surface area contributed by atoms with E-state index in [0.29, 0.717) is 5.69 Å². The first-order valence-electron chi connectivity index (χ1n) is 8.08. The molecule has 1 unspecified atom stereocenters. The number of benzene rings is 2. The van der Waals surface area contributed by atoms with Gasteiger partial charge in [0.05, 0.1) is 16.5 Å². The molecule has 1 heterocycles. The summed E-state index contributed by atoms with van der Waals surface area (Å²) in [7, 11) is 0. The summed E-state index contributed by atoms with van der Waals surface area (Å²) >= 11 is 1.59. The van der Waals surface area contributed by atoms with E-state index < -0.39 is 22.3 Å². The van der Waals surface area contributed by atoms with Crippen molar-refractivity contribution in [1.29, 1.82) is 0 Å². The fourth-order valence-corrected chi connectivity index (χ4v) is 3.27. The van der Waals surface area contributed by atoms with E-state index >= 15 is 0 Å². The minimum Gasteiger partial charge on any atom is -0.326 e. The molecule has 3 rings (SSSR count). The van der Waals surface area contributed by atoms with E-state index in [4.69, 9.17) is 0 Å². The third kappa shape index (κ3) is 4.08. The normalized spacial score (nSPS) is 16.4. The highest BCUT2D eigenvalue weighted by Gasteiger charge is 2.36. The second kappa shape index (κ2) is 7.75. The Balaban J connectivity index is 1.72. The largest absolute Gasteiger partial charge is 0.326 e. The first kappa shape index (κ1) is 18.8. The minimum atomic E-state index is -0.974. The zero-order valence-electron chi connectivity index (χ0n) is 14.3. The molecule has 1 saturated heterocycles.